The number of aromatic hydroxyl groups is 2. The highest BCUT2D eigenvalue weighted by Crippen LogP contribution is 2.34. The van der Waals surface area contributed by atoms with Crippen LogP contribution in [-0.4, -0.2) is 27.3 Å². The van der Waals surface area contributed by atoms with Crippen LogP contribution < -0.4 is 5.32 Å². The van der Waals surface area contributed by atoms with Gasteiger partial charge in [-0.1, -0.05) is 0 Å². The highest BCUT2D eigenvalue weighted by molar-refractivity contribution is 5.96. The van der Waals surface area contributed by atoms with Crippen LogP contribution >= 0.6 is 0 Å². The van der Waals surface area contributed by atoms with Gasteiger partial charge in [0.25, 0.3) is 0 Å². The van der Waals surface area contributed by atoms with Gasteiger partial charge in [-0.2, -0.15) is 0 Å². The summed E-state index contributed by atoms with van der Waals surface area (Å²) in [6.07, 6.45) is 0. The fraction of sp³-hybridized carbons (Fsp3) is 0.300. The lowest BCUT2D eigenvalue weighted by atomic mass is 10.1. The Bertz CT molecular complexity index is 387. The van der Waals surface area contributed by atoms with Gasteiger partial charge in [0.1, 0.15) is 11.3 Å². The van der Waals surface area contributed by atoms with Crippen molar-refractivity contribution in [2.45, 2.75) is 19.9 Å². The van der Waals surface area contributed by atoms with E-state index >= 15 is 0 Å². The Balaban J connectivity index is 3.22. The molecule has 0 heterocycles. The second-order valence-electron chi connectivity index (χ2n) is 3.46. The first-order valence-electron chi connectivity index (χ1n) is 4.48. The van der Waals surface area contributed by atoms with Crippen molar-refractivity contribution >= 4 is 11.7 Å². The summed E-state index contributed by atoms with van der Waals surface area (Å²) in [7, 11) is 0. The van der Waals surface area contributed by atoms with Crippen molar-refractivity contribution in [1.82, 2.24) is 0 Å². The van der Waals surface area contributed by atoms with E-state index in [4.69, 9.17) is 5.11 Å². The Morgan fingerprint density at radius 1 is 1.33 bits per heavy atom. The Labute approximate surface area is 87.0 Å². The van der Waals surface area contributed by atoms with Crippen LogP contribution in [0.3, 0.4) is 0 Å². The molecule has 1 rings (SSSR count). The smallest absolute Gasteiger partial charge is 0.343 e. The summed E-state index contributed by atoms with van der Waals surface area (Å²) < 4.78 is 0. The van der Waals surface area contributed by atoms with Crippen molar-refractivity contribution in [3.63, 3.8) is 0 Å². The van der Waals surface area contributed by atoms with Crippen LogP contribution in [0.5, 0.6) is 11.5 Å². The molecule has 1 aromatic carbocycles. The molecule has 0 atom stereocenters. The zero-order valence-corrected chi connectivity index (χ0v) is 8.48. The average molecular weight is 211 g/mol. The third kappa shape index (κ3) is 2.31. The SMILES string of the molecule is CC(C)Nc1ccc(O)c(C(=O)O)c1O. The number of hydrogen-bond donors (Lipinski definition) is 4. The molecule has 0 radical (unpaired) electrons. The normalized spacial score (nSPS) is 10.3. The Morgan fingerprint density at radius 2 is 1.93 bits per heavy atom. The molecular weight excluding hydrogens is 198 g/mol. The maximum absolute atomic E-state index is 10.7. The molecule has 0 unspecified atom stereocenters. The maximum atomic E-state index is 10.7. The van der Waals surface area contributed by atoms with E-state index in [0.717, 1.165) is 0 Å². The fourth-order valence-corrected chi connectivity index (χ4v) is 1.22. The number of aromatic carboxylic acids is 1. The number of carboxylic acids is 1. The predicted octanol–water partition coefficient (Wildman–Crippen LogP) is 1.62. The first-order valence-corrected chi connectivity index (χ1v) is 4.48. The summed E-state index contributed by atoms with van der Waals surface area (Å²) in [6, 6.07) is 2.72. The molecule has 0 aliphatic heterocycles. The van der Waals surface area contributed by atoms with Gasteiger partial charge in [-0.15, -0.1) is 0 Å². The van der Waals surface area contributed by atoms with Gasteiger partial charge in [-0.25, -0.2) is 4.79 Å². The topological polar surface area (TPSA) is 89.8 Å². The largest absolute Gasteiger partial charge is 0.507 e. The van der Waals surface area contributed by atoms with E-state index in [0.29, 0.717) is 5.69 Å². The van der Waals surface area contributed by atoms with E-state index in [1.807, 2.05) is 13.8 Å². The molecule has 82 valence electrons. The molecule has 0 amide bonds. The molecule has 0 aliphatic carbocycles. The van der Waals surface area contributed by atoms with E-state index in [1.165, 1.54) is 12.1 Å². The number of nitrogens with one attached hydrogen (secondary N) is 1. The van der Waals surface area contributed by atoms with Gasteiger partial charge < -0.3 is 20.6 Å². The zero-order valence-electron chi connectivity index (χ0n) is 8.48. The molecule has 0 aliphatic rings. The van der Waals surface area contributed by atoms with E-state index < -0.39 is 23.0 Å². The number of carbonyl (C=O) groups is 1. The summed E-state index contributed by atoms with van der Waals surface area (Å²) >= 11 is 0. The van der Waals surface area contributed by atoms with Crippen LogP contribution in [0.15, 0.2) is 12.1 Å². The summed E-state index contributed by atoms with van der Waals surface area (Å²) in [5.74, 6) is -2.26. The Kier molecular flexibility index (Phi) is 3.04. The summed E-state index contributed by atoms with van der Waals surface area (Å²) in [5, 5.41) is 30.5. The van der Waals surface area contributed by atoms with Crippen molar-refractivity contribution in [2.75, 3.05) is 5.32 Å². The number of anilines is 1. The third-order valence-corrected chi connectivity index (χ3v) is 1.81. The molecule has 1 aromatic rings. The van der Waals surface area contributed by atoms with Crippen molar-refractivity contribution in [3.05, 3.63) is 17.7 Å². The lowest BCUT2D eigenvalue weighted by Crippen LogP contribution is -2.11. The molecule has 4 N–H and O–H groups in total. The molecule has 5 heteroatoms. The van der Waals surface area contributed by atoms with Crippen LogP contribution in [-0.2, 0) is 0 Å². The molecule has 0 bridgehead atoms. The van der Waals surface area contributed by atoms with Gasteiger partial charge in [-0.05, 0) is 26.0 Å². The second kappa shape index (κ2) is 4.08. The van der Waals surface area contributed by atoms with E-state index in [1.54, 1.807) is 0 Å². The third-order valence-electron chi connectivity index (χ3n) is 1.81. The van der Waals surface area contributed by atoms with Gasteiger partial charge in [-0.3, -0.25) is 0 Å². The summed E-state index contributed by atoms with van der Waals surface area (Å²) in [4.78, 5) is 10.7. The number of hydrogen-bond acceptors (Lipinski definition) is 4. The molecular formula is C10H13NO4. The highest BCUT2D eigenvalue weighted by Gasteiger charge is 2.18. The first kappa shape index (κ1) is 11.2. The standard InChI is InChI=1S/C10H13NO4/c1-5(2)11-6-3-4-7(12)8(9(6)13)10(14)15/h3-5,11-13H,1-2H3,(H,14,15). The average Bonchev–Trinajstić information content (AvgIpc) is 2.09. The monoisotopic (exact) mass is 211 g/mol. The molecule has 5 nitrogen and oxygen atoms in total. The maximum Gasteiger partial charge on any atom is 0.343 e. The van der Waals surface area contributed by atoms with Crippen LogP contribution in [0, 0.1) is 0 Å². The van der Waals surface area contributed by atoms with Crippen LogP contribution in [0.25, 0.3) is 0 Å². The molecule has 0 fully saturated rings. The minimum atomic E-state index is -1.36. The van der Waals surface area contributed by atoms with Crippen molar-refractivity contribution in [2.24, 2.45) is 0 Å². The van der Waals surface area contributed by atoms with E-state index in [-0.39, 0.29) is 6.04 Å². The summed E-state index contributed by atoms with van der Waals surface area (Å²) in [5.41, 5.74) is -0.194. The van der Waals surface area contributed by atoms with E-state index in [2.05, 4.69) is 5.32 Å². The number of rotatable bonds is 3. The number of phenols is 2. The minimum absolute atomic E-state index is 0.0575. The van der Waals surface area contributed by atoms with Crippen LogP contribution in [0.4, 0.5) is 5.69 Å². The predicted molar refractivity (Wildman–Crippen MR) is 55.5 cm³/mol. The molecule has 0 saturated carbocycles. The van der Waals surface area contributed by atoms with Gasteiger partial charge >= 0.3 is 5.97 Å². The van der Waals surface area contributed by atoms with Gasteiger partial charge in [0.2, 0.25) is 0 Å². The van der Waals surface area contributed by atoms with Crippen molar-refractivity contribution in [1.29, 1.82) is 0 Å². The molecule has 0 aromatic heterocycles. The minimum Gasteiger partial charge on any atom is -0.507 e. The van der Waals surface area contributed by atoms with Crippen LogP contribution in [0.2, 0.25) is 0 Å². The summed E-state index contributed by atoms with van der Waals surface area (Å²) in [6.45, 7) is 3.71. The first-order chi connectivity index (χ1) is 6.93. The molecule has 0 spiro atoms. The number of carboxylic acid groups (broad SMARTS) is 1. The highest BCUT2D eigenvalue weighted by atomic mass is 16.4. The van der Waals surface area contributed by atoms with Gasteiger partial charge in [0, 0.05) is 6.04 Å². The molecule has 0 saturated heterocycles. The van der Waals surface area contributed by atoms with Crippen LogP contribution in [0.1, 0.15) is 24.2 Å². The number of benzene rings is 1. The Morgan fingerprint density at radius 3 is 2.40 bits per heavy atom. The molecule has 15 heavy (non-hydrogen) atoms. The van der Waals surface area contributed by atoms with Gasteiger partial charge in [0.05, 0.1) is 5.69 Å². The Hall–Kier alpha value is -1.91. The zero-order chi connectivity index (χ0) is 11.6. The lowest BCUT2D eigenvalue weighted by molar-refractivity contribution is 0.0690. The quantitative estimate of drug-likeness (QED) is 0.450. The lowest BCUT2D eigenvalue weighted by Gasteiger charge is -2.13. The second-order valence-corrected chi connectivity index (χ2v) is 3.46. The van der Waals surface area contributed by atoms with Crippen molar-refractivity contribution < 1.29 is 20.1 Å². The van der Waals surface area contributed by atoms with E-state index in [9.17, 15) is 15.0 Å². The fourth-order valence-electron chi connectivity index (χ4n) is 1.22. The van der Waals surface area contributed by atoms with Gasteiger partial charge in [0.15, 0.2) is 5.75 Å². The van der Waals surface area contributed by atoms with Crippen molar-refractivity contribution in [3.8, 4) is 11.5 Å².